The number of aliphatic carboxylic acids is 1. The number of carboxylic acid groups (broad SMARTS) is 1. The molecule has 1 rings (SSSR count). The fraction of sp³-hybridized carbons (Fsp3) is 0.538. The third kappa shape index (κ3) is 4.68. The SMILES string of the molecule is CC[C@H](C)[C@@H](CC(=O)O)NS(=O)(=O)c1ncccc1OC. The van der Waals surface area contributed by atoms with E-state index in [1.54, 1.807) is 13.0 Å². The topological polar surface area (TPSA) is 106 Å². The normalized spacial score (nSPS) is 14.4. The van der Waals surface area contributed by atoms with Gasteiger partial charge < -0.3 is 9.84 Å². The fourth-order valence-electron chi connectivity index (χ4n) is 1.82. The predicted molar refractivity (Wildman–Crippen MR) is 76.6 cm³/mol. The van der Waals surface area contributed by atoms with Crippen molar-refractivity contribution in [3.8, 4) is 5.75 Å². The van der Waals surface area contributed by atoms with Crippen LogP contribution in [0.1, 0.15) is 26.7 Å². The van der Waals surface area contributed by atoms with Gasteiger partial charge in [0, 0.05) is 12.2 Å². The minimum Gasteiger partial charge on any atom is -0.494 e. The molecule has 1 aromatic heterocycles. The van der Waals surface area contributed by atoms with E-state index in [0.717, 1.165) is 0 Å². The first-order valence-corrected chi connectivity index (χ1v) is 8.03. The molecule has 0 radical (unpaired) electrons. The molecule has 118 valence electrons. The molecule has 0 saturated carbocycles. The van der Waals surface area contributed by atoms with Gasteiger partial charge in [0.25, 0.3) is 10.0 Å². The van der Waals surface area contributed by atoms with Crippen molar-refractivity contribution in [3.63, 3.8) is 0 Å². The van der Waals surface area contributed by atoms with Gasteiger partial charge in [0.1, 0.15) is 0 Å². The van der Waals surface area contributed by atoms with Gasteiger partial charge in [-0.2, -0.15) is 0 Å². The zero-order chi connectivity index (χ0) is 16.0. The molecule has 0 aliphatic rings. The van der Waals surface area contributed by atoms with Crippen LogP contribution in [0.25, 0.3) is 0 Å². The quantitative estimate of drug-likeness (QED) is 0.748. The van der Waals surface area contributed by atoms with E-state index in [0.29, 0.717) is 6.42 Å². The number of hydrogen-bond acceptors (Lipinski definition) is 5. The summed E-state index contributed by atoms with van der Waals surface area (Å²) >= 11 is 0. The first kappa shape index (κ1) is 17.4. The molecule has 0 saturated heterocycles. The second kappa shape index (κ2) is 7.37. The predicted octanol–water partition coefficient (Wildman–Crippen LogP) is 1.26. The number of carboxylic acids is 1. The number of aromatic nitrogens is 1. The molecule has 0 spiro atoms. The largest absolute Gasteiger partial charge is 0.494 e. The minimum atomic E-state index is -3.95. The van der Waals surface area contributed by atoms with E-state index in [9.17, 15) is 13.2 Å². The second-order valence-electron chi connectivity index (χ2n) is 4.72. The third-order valence-corrected chi connectivity index (χ3v) is 4.67. The molecular formula is C13H20N2O5S. The number of carbonyl (C=O) groups is 1. The molecule has 8 heteroatoms. The van der Waals surface area contributed by atoms with Gasteiger partial charge in [-0.25, -0.2) is 18.1 Å². The van der Waals surface area contributed by atoms with Gasteiger partial charge in [0.05, 0.1) is 13.5 Å². The number of pyridine rings is 1. The summed E-state index contributed by atoms with van der Waals surface area (Å²) < 4.78 is 32.2. The van der Waals surface area contributed by atoms with Crippen LogP contribution in [0.4, 0.5) is 0 Å². The van der Waals surface area contributed by atoms with Gasteiger partial charge in [0.2, 0.25) is 5.03 Å². The number of rotatable bonds is 8. The minimum absolute atomic E-state index is 0.114. The second-order valence-corrected chi connectivity index (χ2v) is 6.35. The highest BCUT2D eigenvalue weighted by Crippen LogP contribution is 2.22. The van der Waals surface area contributed by atoms with Crippen molar-refractivity contribution < 1.29 is 23.1 Å². The molecule has 0 unspecified atom stereocenters. The van der Waals surface area contributed by atoms with Crippen LogP contribution in [-0.2, 0) is 14.8 Å². The van der Waals surface area contributed by atoms with Gasteiger partial charge in [-0.15, -0.1) is 0 Å². The lowest BCUT2D eigenvalue weighted by atomic mass is 9.97. The Morgan fingerprint density at radius 2 is 2.19 bits per heavy atom. The summed E-state index contributed by atoms with van der Waals surface area (Å²) in [5, 5.41) is 8.68. The zero-order valence-corrected chi connectivity index (χ0v) is 13.1. The summed E-state index contributed by atoms with van der Waals surface area (Å²) in [7, 11) is -2.61. The number of methoxy groups -OCH3 is 1. The van der Waals surface area contributed by atoms with Gasteiger partial charge in [-0.05, 0) is 18.1 Å². The van der Waals surface area contributed by atoms with Crippen LogP contribution < -0.4 is 9.46 Å². The van der Waals surface area contributed by atoms with Crippen LogP contribution in [0.15, 0.2) is 23.4 Å². The molecule has 0 amide bonds. The van der Waals surface area contributed by atoms with Crippen LogP contribution in [0.5, 0.6) is 5.75 Å². The monoisotopic (exact) mass is 316 g/mol. The zero-order valence-electron chi connectivity index (χ0n) is 12.2. The Morgan fingerprint density at radius 1 is 1.52 bits per heavy atom. The Balaban J connectivity index is 3.08. The fourth-order valence-corrected chi connectivity index (χ4v) is 3.26. The highest BCUT2D eigenvalue weighted by Gasteiger charge is 2.28. The van der Waals surface area contributed by atoms with Crippen molar-refractivity contribution in [2.75, 3.05) is 7.11 Å². The third-order valence-electron chi connectivity index (χ3n) is 3.24. The molecule has 0 bridgehead atoms. The number of nitrogens with zero attached hydrogens (tertiary/aromatic N) is 1. The van der Waals surface area contributed by atoms with Crippen LogP contribution in [0, 0.1) is 5.92 Å². The van der Waals surface area contributed by atoms with Gasteiger partial charge in [0.15, 0.2) is 5.75 Å². The Kier molecular flexibility index (Phi) is 6.10. The molecule has 2 N–H and O–H groups in total. The molecule has 7 nitrogen and oxygen atoms in total. The van der Waals surface area contributed by atoms with Gasteiger partial charge >= 0.3 is 5.97 Å². The van der Waals surface area contributed by atoms with E-state index in [1.807, 2.05) is 6.92 Å². The molecule has 0 fully saturated rings. The van der Waals surface area contributed by atoms with Crippen molar-refractivity contribution in [1.82, 2.24) is 9.71 Å². The molecular weight excluding hydrogens is 296 g/mol. The summed E-state index contributed by atoms with van der Waals surface area (Å²) in [5.74, 6) is -1.07. The van der Waals surface area contributed by atoms with E-state index in [2.05, 4.69) is 9.71 Å². The highest BCUT2D eigenvalue weighted by atomic mass is 32.2. The molecule has 21 heavy (non-hydrogen) atoms. The average Bonchev–Trinajstić information content (AvgIpc) is 2.44. The maximum atomic E-state index is 12.4. The van der Waals surface area contributed by atoms with Crippen LogP contribution in [0.3, 0.4) is 0 Å². The summed E-state index contributed by atoms with van der Waals surface area (Å²) in [6.45, 7) is 3.67. The molecule has 0 aromatic carbocycles. The number of nitrogens with one attached hydrogen (secondary N) is 1. The first-order valence-electron chi connectivity index (χ1n) is 6.55. The molecule has 1 heterocycles. The van der Waals surface area contributed by atoms with Crippen molar-refractivity contribution in [1.29, 1.82) is 0 Å². The Labute approximate surface area is 124 Å². The maximum Gasteiger partial charge on any atom is 0.304 e. The summed E-state index contributed by atoms with van der Waals surface area (Å²) in [6.07, 6.45) is 1.70. The van der Waals surface area contributed by atoms with E-state index < -0.39 is 22.0 Å². The van der Waals surface area contributed by atoms with Crippen LogP contribution >= 0.6 is 0 Å². The summed E-state index contributed by atoms with van der Waals surface area (Å²) in [6, 6.07) is 2.34. The Hall–Kier alpha value is -1.67. The highest BCUT2D eigenvalue weighted by molar-refractivity contribution is 7.89. The van der Waals surface area contributed by atoms with Crippen molar-refractivity contribution in [2.24, 2.45) is 5.92 Å². The standard InChI is InChI=1S/C13H20N2O5S/c1-4-9(2)10(8-12(16)17)15-21(18,19)13-11(20-3)6-5-7-14-13/h5-7,9-10,15H,4,8H2,1-3H3,(H,16,17)/t9-,10+/m0/s1. The molecule has 0 aliphatic heterocycles. The van der Waals surface area contributed by atoms with Crippen molar-refractivity contribution in [2.45, 2.75) is 37.8 Å². The maximum absolute atomic E-state index is 12.4. The summed E-state index contributed by atoms with van der Waals surface area (Å²) in [5.41, 5.74) is 0. The number of sulfonamides is 1. The van der Waals surface area contributed by atoms with E-state index in [-0.39, 0.29) is 23.1 Å². The lowest BCUT2D eigenvalue weighted by Crippen LogP contribution is -2.41. The van der Waals surface area contributed by atoms with Crippen LogP contribution in [-0.4, -0.2) is 37.6 Å². The first-order chi connectivity index (χ1) is 9.81. The van der Waals surface area contributed by atoms with E-state index in [4.69, 9.17) is 9.84 Å². The summed E-state index contributed by atoms with van der Waals surface area (Å²) in [4.78, 5) is 14.7. The Morgan fingerprint density at radius 3 is 2.71 bits per heavy atom. The van der Waals surface area contributed by atoms with E-state index >= 15 is 0 Å². The number of ether oxygens (including phenoxy) is 1. The Bertz CT molecular complexity index is 588. The average molecular weight is 316 g/mol. The molecule has 1 aromatic rings. The molecule has 2 atom stereocenters. The smallest absolute Gasteiger partial charge is 0.304 e. The molecule has 0 aliphatic carbocycles. The van der Waals surface area contributed by atoms with Gasteiger partial charge in [-0.1, -0.05) is 20.3 Å². The number of hydrogen-bond donors (Lipinski definition) is 2. The van der Waals surface area contributed by atoms with E-state index in [1.165, 1.54) is 19.4 Å². The van der Waals surface area contributed by atoms with Gasteiger partial charge in [-0.3, -0.25) is 4.79 Å². The van der Waals surface area contributed by atoms with Crippen molar-refractivity contribution in [3.05, 3.63) is 18.3 Å². The lowest BCUT2D eigenvalue weighted by molar-refractivity contribution is -0.137. The van der Waals surface area contributed by atoms with Crippen LogP contribution in [0.2, 0.25) is 0 Å². The van der Waals surface area contributed by atoms with Crippen molar-refractivity contribution >= 4 is 16.0 Å². The lowest BCUT2D eigenvalue weighted by Gasteiger charge is -2.22.